The second-order valence-corrected chi connectivity index (χ2v) is 4.96. The van der Waals surface area contributed by atoms with Gasteiger partial charge in [-0.25, -0.2) is 9.18 Å². The molecule has 1 unspecified atom stereocenters. The summed E-state index contributed by atoms with van der Waals surface area (Å²) in [5.74, 6) is -0.308. The molecule has 0 bridgehead atoms. The second kappa shape index (κ2) is 6.52. The topological polar surface area (TPSA) is 44.4 Å². The van der Waals surface area contributed by atoms with Crippen molar-refractivity contribution in [1.82, 2.24) is 10.2 Å². The number of amides is 2. The molecule has 1 aromatic rings. The molecular formula is C14H20FN3O. The Morgan fingerprint density at radius 2 is 2.16 bits per heavy atom. The Bertz CT molecular complexity index is 415. The fraction of sp³-hybridized carbons (Fsp3) is 0.500. The second-order valence-electron chi connectivity index (χ2n) is 4.96. The number of likely N-dealkylation sites (N-methyl/N-ethyl adjacent to an activating group) is 1. The van der Waals surface area contributed by atoms with E-state index < -0.39 is 0 Å². The number of anilines is 1. The molecule has 1 fully saturated rings. The van der Waals surface area contributed by atoms with Gasteiger partial charge in [-0.2, -0.15) is 0 Å². The van der Waals surface area contributed by atoms with Crippen LogP contribution in [0, 0.1) is 5.82 Å². The molecule has 2 amide bonds. The predicted octanol–water partition coefficient (Wildman–Crippen LogP) is 2.43. The van der Waals surface area contributed by atoms with Crippen LogP contribution in [0.4, 0.5) is 14.9 Å². The number of halogens is 1. The molecule has 1 heterocycles. The molecule has 19 heavy (non-hydrogen) atoms. The van der Waals surface area contributed by atoms with Gasteiger partial charge in [0.1, 0.15) is 5.82 Å². The largest absolute Gasteiger partial charge is 0.326 e. The van der Waals surface area contributed by atoms with Gasteiger partial charge in [0.25, 0.3) is 0 Å². The van der Waals surface area contributed by atoms with Crippen LogP contribution in [0.15, 0.2) is 24.3 Å². The van der Waals surface area contributed by atoms with Crippen LogP contribution in [0.1, 0.15) is 19.3 Å². The summed E-state index contributed by atoms with van der Waals surface area (Å²) in [7, 11) is 1.77. The Kier molecular flexibility index (Phi) is 4.74. The molecule has 1 atom stereocenters. The summed E-state index contributed by atoms with van der Waals surface area (Å²) in [6.07, 6.45) is 3.53. The highest BCUT2D eigenvalue weighted by molar-refractivity contribution is 5.89. The van der Waals surface area contributed by atoms with E-state index in [0.717, 1.165) is 13.0 Å². The van der Waals surface area contributed by atoms with E-state index in [1.807, 2.05) is 0 Å². The summed E-state index contributed by atoms with van der Waals surface area (Å²) < 4.78 is 12.8. The first-order valence-corrected chi connectivity index (χ1v) is 6.66. The van der Waals surface area contributed by atoms with Gasteiger partial charge in [0.15, 0.2) is 0 Å². The van der Waals surface area contributed by atoms with Crippen molar-refractivity contribution >= 4 is 11.7 Å². The Hall–Kier alpha value is -1.62. The monoisotopic (exact) mass is 265 g/mol. The average Bonchev–Trinajstić information content (AvgIpc) is 2.42. The van der Waals surface area contributed by atoms with Gasteiger partial charge in [0.2, 0.25) is 0 Å². The minimum absolute atomic E-state index is 0.168. The molecule has 0 aliphatic carbocycles. The molecule has 5 heteroatoms. The normalized spacial score (nSPS) is 18.9. The van der Waals surface area contributed by atoms with Gasteiger partial charge in [0.05, 0.1) is 0 Å². The molecule has 0 radical (unpaired) electrons. The molecule has 0 spiro atoms. The van der Waals surface area contributed by atoms with Crippen molar-refractivity contribution in [3.63, 3.8) is 0 Å². The highest BCUT2D eigenvalue weighted by atomic mass is 19.1. The third-order valence-electron chi connectivity index (χ3n) is 3.35. The van der Waals surface area contributed by atoms with Crippen LogP contribution in [0.25, 0.3) is 0 Å². The summed E-state index contributed by atoms with van der Waals surface area (Å²) in [5.41, 5.74) is 0.606. The molecule has 2 rings (SSSR count). The van der Waals surface area contributed by atoms with Crippen molar-refractivity contribution in [2.24, 2.45) is 0 Å². The first kappa shape index (κ1) is 13.8. The van der Waals surface area contributed by atoms with E-state index in [9.17, 15) is 9.18 Å². The number of hydrogen-bond donors (Lipinski definition) is 2. The summed E-state index contributed by atoms with van der Waals surface area (Å²) >= 11 is 0. The molecule has 1 aliphatic heterocycles. The fourth-order valence-electron chi connectivity index (χ4n) is 2.25. The van der Waals surface area contributed by atoms with Crippen molar-refractivity contribution < 1.29 is 9.18 Å². The molecule has 104 valence electrons. The standard InChI is InChI=1S/C14H20FN3O/c1-18(10-13-4-2-3-9-16-13)14(19)17-12-7-5-11(15)6-8-12/h5-8,13,16H,2-4,9-10H2,1H3,(H,17,19). The van der Waals surface area contributed by atoms with Gasteiger partial charge >= 0.3 is 6.03 Å². The average molecular weight is 265 g/mol. The molecule has 1 aromatic carbocycles. The molecule has 0 saturated carbocycles. The van der Waals surface area contributed by atoms with Crippen molar-refractivity contribution in [3.8, 4) is 0 Å². The lowest BCUT2D eigenvalue weighted by atomic mass is 10.0. The highest BCUT2D eigenvalue weighted by Crippen LogP contribution is 2.11. The van der Waals surface area contributed by atoms with Crippen LogP contribution in [0.2, 0.25) is 0 Å². The van der Waals surface area contributed by atoms with Crippen molar-refractivity contribution in [2.45, 2.75) is 25.3 Å². The third-order valence-corrected chi connectivity index (χ3v) is 3.35. The highest BCUT2D eigenvalue weighted by Gasteiger charge is 2.17. The minimum Gasteiger partial charge on any atom is -0.326 e. The smallest absolute Gasteiger partial charge is 0.321 e. The lowest BCUT2D eigenvalue weighted by Gasteiger charge is -2.28. The summed E-state index contributed by atoms with van der Waals surface area (Å²) in [6.45, 7) is 1.71. The van der Waals surface area contributed by atoms with Gasteiger partial charge in [-0.3, -0.25) is 0 Å². The van der Waals surface area contributed by atoms with E-state index in [-0.39, 0.29) is 11.8 Å². The Balaban J connectivity index is 1.83. The number of carbonyl (C=O) groups excluding carboxylic acids is 1. The van der Waals surface area contributed by atoms with Gasteiger partial charge in [-0.15, -0.1) is 0 Å². The van der Waals surface area contributed by atoms with Crippen molar-refractivity contribution in [2.75, 3.05) is 25.5 Å². The van der Waals surface area contributed by atoms with Gasteiger partial charge in [0, 0.05) is 25.3 Å². The predicted molar refractivity (Wildman–Crippen MR) is 73.7 cm³/mol. The van der Waals surface area contributed by atoms with E-state index in [1.165, 1.54) is 25.0 Å². The summed E-state index contributed by atoms with van der Waals surface area (Å²) in [5, 5.41) is 6.16. The lowest BCUT2D eigenvalue weighted by molar-refractivity contribution is 0.212. The van der Waals surface area contributed by atoms with Crippen LogP contribution in [0.3, 0.4) is 0 Å². The van der Waals surface area contributed by atoms with Crippen molar-refractivity contribution in [1.29, 1.82) is 0 Å². The number of urea groups is 1. The Morgan fingerprint density at radius 3 is 2.79 bits per heavy atom. The quantitative estimate of drug-likeness (QED) is 0.881. The molecule has 0 aromatic heterocycles. The minimum atomic E-state index is -0.308. The number of nitrogens with one attached hydrogen (secondary N) is 2. The molecule has 1 saturated heterocycles. The number of rotatable bonds is 3. The van der Waals surface area contributed by atoms with Crippen LogP contribution in [-0.4, -0.2) is 37.1 Å². The Morgan fingerprint density at radius 1 is 1.42 bits per heavy atom. The van der Waals surface area contributed by atoms with Gasteiger partial charge in [-0.05, 0) is 43.7 Å². The number of piperidine rings is 1. The fourth-order valence-corrected chi connectivity index (χ4v) is 2.25. The first-order chi connectivity index (χ1) is 9.15. The number of benzene rings is 1. The summed E-state index contributed by atoms with van der Waals surface area (Å²) in [4.78, 5) is 13.6. The lowest BCUT2D eigenvalue weighted by Crippen LogP contribution is -2.45. The molecular weight excluding hydrogens is 245 g/mol. The SMILES string of the molecule is CN(CC1CCCCN1)C(=O)Nc1ccc(F)cc1. The van der Waals surface area contributed by atoms with Crippen LogP contribution >= 0.6 is 0 Å². The van der Waals surface area contributed by atoms with Crippen molar-refractivity contribution in [3.05, 3.63) is 30.1 Å². The number of carbonyl (C=O) groups is 1. The zero-order valence-electron chi connectivity index (χ0n) is 11.2. The van der Waals surface area contributed by atoms with E-state index in [0.29, 0.717) is 18.3 Å². The number of hydrogen-bond acceptors (Lipinski definition) is 2. The number of nitrogens with zero attached hydrogens (tertiary/aromatic N) is 1. The molecule has 1 aliphatic rings. The zero-order valence-corrected chi connectivity index (χ0v) is 11.2. The molecule has 4 nitrogen and oxygen atoms in total. The maximum atomic E-state index is 12.8. The zero-order chi connectivity index (χ0) is 13.7. The maximum Gasteiger partial charge on any atom is 0.321 e. The van der Waals surface area contributed by atoms with E-state index in [1.54, 1.807) is 24.1 Å². The first-order valence-electron chi connectivity index (χ1n) is 6.66. The van der Waals surface area contributed by atoms with Gasteiger partial charge < -0.3 is 15.5 Å². The van der Waals surface area contributed by atoms with Crippen LogP contribution in [-0.2, 0) is 0 Å². The van der Waals surface area contributed by atoms with Crippen LogP contribution < -0.4 is 10.6 Å². The van der Waals surface area contributed by atoms with E-state index in [2.05, 4.69) is 10.6 Å². The Labute approximate surface area is 113 Å². The third kappa shape index (κ3) is 4.21. The molecule has 2 N–H and O–H groups in total. The summed E-state index contributed by atoms with van der Waals surface area (Å²) in [6, 6.07) is 5.98. The van der Waals surface area contributed by atoms with E-state index >= 15 is 0 Å². The van der Waals surface area contributed by atoms with Gasteiger partial charge in [-0.1, -0.05) is 6.42 Å². The maximum absolute atomic E-state index is 12.8. The van der Waals surface area contributed by atoms with Crippen LogP contribution in [0.5, 0.6) is 0 Å². The van der Waals surface area contributed by atoms with E-state index in [4.69, 9.17) is 0 Å².